The van der Waals surface area contributed by atoms with Crippen LogP contribution >= 0.6 is 0 Å². The van der Waals surface area contributed by atoms with Gasteiger partial charge in [-0.2, -0.15) is 5.10 Å². The van der Waals surface area contributed by atoms with Crippen LogP contribution in [0.3, 0.4) is 0 Å². The maximum atomic E-state index is 11.8. The molecule has 1 amide bonds. The molecule has 5 heteroatoms. The molecule has 2 aromatic rings. The van der Waals surface area contributed by atoms with Gasteiger partial charge in [0, 0.05) is 24.5 Å². The Morgan fingerprint density at radius 3 is 2.81 bits per heavy atom. The summed E-state index contributed by atoms with van der Waals surface area (Å²) in [7, 11) is 0. The number of nitrogens with one attached hydrogen (secondary N) is 1. The SMILES string of the molecule is Cc1cc(C)n(CCCNC(=O)Cc2cccc(N)c2)n1. The van der Waals surface area contributed by atoms with E-state index in [0.29, 0.717) is 18.7 Å². The Kier molecular flexibility index (Phi) is 4.98. The standard InChI is InChI=1S/C16H22N4O/c1-12-9-13(2)20(19-12)8-4-7-18-16(21)11-14-5-3-6-15(17)10-14/h3,5-6,9-10H,4,7-8,11,17H2,1-2H3,(H,18,21). The van der Waals surface area contributed by atoms with Crippen LogP contribution < -0.4 is 11.1 Å². The maximum absolute atomic E-state index is 11.8. The van der Waals surface area contributed by atoms with E-state index >= 15 is 0 Å². The van der Waals surface area contributed by atoms with Gasteiger partial charge in [0.1, 0.15) is 0 Å². The van der Waals surface area contributed by atoms with Crippen LogP contribution in [-0.4, -0.2) is 22.2 Å². The van der Waals surface area contributed by atoms with Crippen molar-refractivity contribution < 1.29 is 4.79 Å². The van der Waals surface area contributed by atoms with E-state index in [2.05, 4.69) is 16.5 Å². The topological polar surface area (TPSA) is 72.9 Å². The predicted molar refractivity (Wildman–Crippen MR) is 83.9 cm³/mol. The first kappa shape index (κ1) is 15.1. The fraction of sp³-hybridized carbons (Fsp3) is 0.375. The molecule has 0 atom stereocenters. The molecule has 21 heavy (non-hydrogen) atoms. The molecule has 0 fully saturated rings. The van der Waals surface area contributed by atoms with Gasteiger partial charge in [-0.3, -0.25) is 9.48 Å². The smallest absolute Gasteiger partial charge is 0.224 e. The molecule has 3 N–H and O–H groups in total. The molecular formula is C16H22N4O. The fourth-order valence-corrected chi connectivity index (χ4v) is 2.31. The highest BCUT2D eigenvalue weighted by molar-refractivity contribution is 5.78. The number of benzene rings is 1. The van der Waals surface area contributed by atoms with Gasteiger partial charge in [-0.1, -0.05) is 12.1 Å². The van der Waals surface area contributed by atoms with E-state index < -0.39 is 0 Å². The molecule has 1 heterocycles. The molecule has 112 valence electrons. The molecule has 0 aliphatic rings. The molecule has 5 nitrogen and oxygen atoms in total. The number of hydrogen-bond acceptors (Lipinski definition) is 3. The Labute approximate surface area is 125 Å². The fourth-order valence-electron chi connectivity index (χ4n) is 2.31. The molecule has 0 spiro atoms. The zero-order chi connectivity index (χ0) is 15.2. The second-order valence-electron chi connectivity index (χ2n) is 5.28. The average Bonchev–Trinajstić information content (AvgIpc) is 2.73. The minimum absolute atomic E-state index is 0.0222. The van der Waals surface area contributed by atoms with Crippen LogP contribution in [0.1, 0.15) is 23.4 Å². The second-order valence-corrected chi connectivity index (χ2v) is 5.28. The molecule has 1 aromatic heterocycles. The number of anilines is 1. The lowest BCUT2D eigenvalue weighted by molar-refractivity contribution is -0.120. The van der Waals surface area contributed by atoms with Crippen LogP contribution in [0.5, 0.6) is 0 Å². The summed E-state index contributed by atoms with van der Waals surface area (Å²) in [6, 6.07) is 9.47. The first-order valence-corrected chi connectivity index (χ1v) is 7.17. The number of carbonyl (C=O) groups is 1. The van der Waals surface area contributed by atoms with Crippen molar-refractivity contribution in [3.63, 3.8) is 0 Å². The van der Waals surface area contributed by atoms with Crippen LogP contribution in [0.2, 0.25) is 0 Å². The summed E-state index contributed by atoms with van der Waals surface area (Å²) >= 11 is 0. The molecule has 0 aliphatic carbocycles. The summed E-state index contributed by atoms with van der Waals surface area (Å²) in [4.78, 5) is 11.8. The largest absolute Gasteiger partial charge is 0.399 e. The minimum Gasteiger partial charge on any atom is -0.399 e. The van der Waals surface area contributed by atoms with Crippen LogP contribution in [0, 0.1) is 13.8 Å². The van der Waals surface area contributed by atoms with Crippen LogP contribution in [0.15, 0.2) is 30.3 Å². The van der Waals surface area contributed by atoms with E-state index in [-0.39, 0.29) is 5.91 Å². The number of nitrogen functional groups attached to an aromatic ring is 1. The van der Waals surface area contributed by atoms with Gasteiger partial charge in [0.15, 0.2) is 0 Å². The van der Waals surface area contributed by atoms with Crippen molar-refractivity contribution in [2.45, 2.75) is 33.2 Å². The number of aryl methyl sites for hydroxylation is 3. The monoisotopic (exact) mass is 286 g/mol. The third kappa shape index (κ3) is 4.63. The van der Waals surface area contributed by atoms with E-state index in [0.717, 1.165) is 29.9 Å². The van der Waals surface area contributed by atoms with Crippen LogP contribution in [0.25, 0.3) is 0 Å². The highest BCUT2D eigenvalue weighted by Crippen LogP contribution is 2.07. The van der Waals surface area contributed by atoms with Crippen LogP contribution in [-0.2, 0) is 17.8 Å². The van der Waals surface area contributed by atoms with E-state index in [1.807, 2.05) is 42.8 Å². The summed E-state index contributed by atoms with van der Waals surface area (Å²) < 4.78 is 1.97. The molecule has 0 saturated heterocycles. The van der Waals surface area contributed by atoms with Gasteiger partial charge in [-0.25, -0.2) is 0 Å². The number of hydrogen-bond donors (Lipinski definition) is 2. The Morgan fingerprint density at radius 2 is 2.14 bits per heavy atom. The third-order valence-electron chi connectivity index (χ3n) is 3.29. The van der Waals surface area contributed by atoms with E-state index in [4.69, 9.17) is 5.73 Å². The highest BCUT2D eigenvalue weighted by Gasteiger charge is 2.04. The number of rotatable bonds is 6. The molecule has 0 saturated carbocycles. The van der Waals surface area contributed by atoms with Crippen molar-refractivity contribution >= 4 is 11.6 Å². The van der Waals surface area contributed by atoms with Gasteiger partial charge in [-0.05, 0) is 44.0 Å². The lowest BCUT2D eigenvalue weighted by Crippen LogP contribution is -2.27. The Bertz CT molecular complexity index is 618. The zero-order valence-corrected chi connectivity index (χ0v) is 12.6. The van der Waals surface area contributed by atoms with Gasteiger partial charge in [0.2, 0.25) is 5.91 Å². The van der Waals surface area contributed by atoms with Crippen molar-refractivity contribution in [1.29, 1.82) is 0 Å². The normalized spacial score (nSPS) is 10.6. The molecule has 0 unspecified atom stereocenters. The van der Waals surface area contributed by atoms with Crippen molar-refractivity contribution in [1.82, 2.24) is 15.1 Å². The maximum Gasteiger partial charge on any atom is 0.224 e. The second kappa shape index (κ2) is 6.92. The highest BCUT2D eigenvalue weighted by atomic mass is 16.1. The molecule has 1 aromatic carbocycles. The van der Waals surface area contributed by atoms with E-state index in [1.54, 1.807) is 0 Å². The lowest BCUT2D eigenvalue weighted by Gasteiger charge is -2.07. The van der Waals surface area contributed by atoms with Gasteiger partial charge in [-0.15, -0.1) is 0 Å². The van der Waals surface area contributed by atoms with Crippen molar-refractivity contribution in [2.75, 3.05) is 12.3 Å². The van der Waals surface area contributed by atoms with E-state index in [9.17, 15) is 4.79 Å². The number of aromatic nitrogens is 2. The Morgan fingerprint density at radius 1 is 1.33 bits per heavy atom. The van der Waals surface area contributed by atoms with Crippen molar-refractivity contribution in [2.24, 2.45) is 0 Å². The summed E-state index contributed by atoms with van der Waals surface area (Å²) in [6.07, 6.45) is 1.23. The van der Waals surface area contributed by atoms with Crippen molar-refractivity contribution in [3.8, 4) is 0 Å². The quantitative estimate of drug-likeness (QED) is 0.628. The summed E-state index contributed by atoms with van der Waals surface area (Å²) in [6.45, 7) is 5.49. The molecule has 0 aliphatic heterocycles. The molecule has 0 bridgehead atoms. The van der Waals surface area contributed by atoms with Gasteiger partial charge in [0.05, 0.1) is 12.1 Å². The average molecular weight is 286 g/mol. The number of nitrogens with zero attached hydrogens (tertiary/aromatic N) is 2. The van der Waals surface area contributed by atoms with Gasteiger partial charge < -0.3 is 11.1 Å². The molecule has 2 rings (SSSR count). The molecular weight excluding hydrogens is 264 g/mol. The first-order valence-electron chi connectivity index (χ1n) is 7.17. The zero-order valence-electron chi connectivity index (χ0n) is 12.6. The van der Waals surface area contributed by atoms with Gasteiger partial charge >= 0.3 is 0 Å². The molecule has 0 radical (unpaired) electrons. The number of amides is 1. The van der Waals surface area contributed by atoms with E-state index in [1.165, 1.54) is 0 Å². The summed E-state index contributed by atoms with van der Waals surface area (Å²) in [5, 5.41) is 7.32. The minimum atomic E-state index is 0.0222. The third-order valence-corrected chi connectivity index (χ3v) is 3.29. The lowest BCUT2D eigenvalue weighted by atomic mass is 10.1. The first-order chi connectivity index (χ1) is 10.0. The predicted octanol–water partition coefficient (Wildman–Crippen LogP) is 1.83. The number of nitrogens with two attached hydrogens (primary N) is 1. The Balaban J connectivity index is 1.71. The number of carbonyl (C=O) groups excluding carboxylic acids is 1. The van der Waals surface area contributed by atoms with Crippen molar-refractivity contribution in [3.05, 3.63) is 47.3 Å². The summed E-state index contributed by atoms with van der Waals surface area (Å²) in [5.41, 5.74) is 9.49. The Hall–Kier alpha value is -2.30. The van der Waals surface area contributed by atoms with Gasteiger partial charge in [0.25, 0.3) is 0 Å². The summed E-state index contributed by atoms with van der Waals surface area (Å²) in [5.74, 6) is 0.0222. The van der Waals surface area contributed by atoms with Crippen LogP contribution in [0.4, 0.5) is 5.69 Å².